The summed E-state index contributed by atoms with van der Waals surface area (Å²) < 4.78 is 2.47. The van der Waals surface area contributed by atoms with Gasteiger partial charge in [0.1, 0.15) is 0 Å². The van der Waals surface area contributed by atoms with E-state index in [1.54, 1.807) is 0 Å². The summed E-state index contributed by atoms with van der Waals surface area (Å²) in [6.45, 7) is 0. The van der Waals surface area contributed by atoms with Gasteiger partial charge in [-0.3, -0.25) is 0 Å². The first-order valence-electron chi connectivity index (χ1n) is 25.3. The Labute approximate surface area is 423 Å². The number of hydrogen-bond acceptors (Lipinski definition) is 1. The highest BCUT2D eigenvalue weighted by molar-refractivity contribution is 6.15. The molecule has 340 valence electrons. The molecule has 0 saturated heterocycles. The second-order valence-electron chi connectivity index (χ2n) is 19.6. The molecule has 14 aromatic rings. The molecule has 0 bridgehead atoms. The van der Waals surface area contributed by atoms with E-state index in [1.807, 2.05) is 0 Å². The van der Waals surface area contributed by atoms with Gasteiger partial charge in [0, 0.05) is 33.2 Å². The molecule has 1 aromatic heterocycles. The molecule has 13 aromatic carbocycles. The third-order valence-electron chi connectivity index (χ3n) is 15.8. The molecule has 0 atom stereocenters. The zero-order valence-electron chi connectivity index (χ0n) is 40.0. The van der Waals surface area contributed by atoms with Crippen molar-refractivity contribution in [1.29, 1.82) is 0 Å². The van der Waals surface area contributed by atoms with Crippen LogP contribution in [0.15, 0.2) is 279 Å². The van der Waals surface area contributed by atoms with Gasteiger partial charge in [-0.15, -0.1) is 0 Å². The summed E-state index contributed by atoms with van der Waals surface area (Å²) in [5.74, 6) is 0. The molecule has 0 saturated carbocycles. The molecule has 0 unspecified atom stereocenters. The van der Waals surface area contributed by atoms with Crippen molar-refractivity contribution in [1.82, 2.24) is 4.57 Å². The lowest BCUT2D eigenvalue weighted by Crippen LogP contribution is -2.28. The maximum absolute atomic E-state index is 2.47. The number of fused-ring (bicyclic) bond motifs is 11. The van der Waals surface area contributed by atoms with E-state index in [0.29, 0.717) is 0 Å². The fourth-order valence-electron chi connectivity index (χ4n) is 12.5. The maximum atomic E-state index is 2.47. The Kier molecular flexibility index (Phi) is 9.21. The lowest BCUT2D eigenvalue weighted by molar-refractivity contribution is 0.767. The zero-order valence-corrected chi connectivity index (χ0v) is 40.0. The molecule has 2 nitrogen and oxygen atoms in total. The average Bonchev–Trinajstić information content (AvgIpc) is 3.96. The maximum Gasteiger partial charge on any atom is 0.0714 e. The van der Waals surface area contributed by atoms with Crippen molar-refractivity contribution < 1.29 is 0 Å². The lowest BCUT2D eigenvalue weighted by atomic mass is 9.67. The van der Waals surface area contributed by atoms with Gasteiger partial charge in [-0.2, -0.15) is 0 Å². The largest absolute Gasteiger partial charge is 0.310 e. The number of para-hydroxylation sites is 1. The minimum Gasteiger partial charge on any atom is -0.310 e. The molecule has 0 spiro atoms. The number of rotatable bonds is 7. The number of benzene rings is 13. The third kappa shape index (κ3) is 6.30. The normalized spacial score (nSPS) is 12.8. The van der Waals surface area contributed by atoms with E-state index < -0.39 is 5.41 Å². The van der Waals surface area contributed by atoms with E-state index in [9.17, 15) is 0 Å². The van der Waals surface area contributed by atoms with Crippen LogP contribution in [-0.2, 0) is 5.41 Å². The molecule has 0 fully saturated rings. The Balaban J connectivity index is 0.856. The summed E-state index contributed by atoms with van der Waals surface area (Å²) in [5, 5.41) is 12.3. The molecule has 73 heavy (non-hydrogen) atoms. The molecule has 1 aliphatic rings. The Hall–Kier alpha value is -9.50. The Bertz CT molecular complexity index is 4470. The van der Waals surface area contributed by atoms with Crippen LogP contribution in [0.1, 0.15) is 22.3 Å². The summed E-state index contributed by atoms with van der Waals surface area (Å²) in [4.78, 5) is 2.45. The molecule has 0 amide bonds. The minimum absolute atomic E-state index is 0.479. The van der Waals surface area contributed by atoms with Gasteiger partial charge in [-0.05, 0) is 149 Å². The highest BCUT2D eigenvalue weighted by Gasteiger charge is 2.46. The van der Waals surface area contributed by atoms with Crippen LogP contribution in [0.5, 0.6) is 0 Å². The van der Waals surface area contributed by atoms with Crippen LogP contribution in [-0.4, -0.2) is 4.57 Å². The van der Waals surface area contributed by atoms with Gasteiger partial charge in [0.05, 0.1) is 22.1 Å². The first-order valence-corrected chi connectivity index (χ1v) is 25.3. The molecule has 2 heteroatoms. The molecule has 0 aliphatic heterocycles. The van der Waals surface area contributed by atoms with Crippen LogP contribution in [0.2, 0.25) is 0 Å². The van der Waals surface area contributed by atoms with Crippen molar-refractivity contribution in [3.05, 3.63) is 301 Å². The van der Waals surface area contributed by atoms with Gasteiger partial charge in [-0.1, -0.05) is 212 Å². The standard InChI is InChI=1S/C71H46N2/c1-3-20-54(21-4-1)71(55-22-5-2-6-23-55)66-29-15-13-26-61(66)62-39-38-58(46-67(62)71)73-68-30-16-14-28-64(68)65-44-52(35-40-69(65)73)49-31-32-51-43-57(37-34-50(51)41-49)72(56-36-33-47-17-7-8-18-48(47)42-56)70-45-53-19-9-10-24-59(53)60-25-11-12-27-63(60)70/h1-46H. The number of anilines is 3. The van der Waals surface area contributed by atoms with E-state index in [0.717, 1.165) is 22.7 Å². The Morgan fingerprint density at radius 1 is 0.288 bits per heavy atom. The van der Waals surface area contributed by atoms with Crippen LogP contribution >= 0.6 is 0 Å². The second-order valence-corrected chi connectivity index (χ2v) is 19.6. The van der Waals surface area contributed by atoms with Crippen LogP contribution < -0.4 is 4.90 Å². The number of hydrogen-bond donors (Lipinski definition) is 0. The van der Waals surface area contributed by atoms with Crippen molar-refractivity contribution in [3.8, 4) is 27.9 Å². The monoisotopic (exact) mass is 926 g/mol. The predicted octanol–water partition coefficient (Wildman–Crippen LogP) is 18.9. The van der Waals surface area contributed by atoms with Crippen molar-refractivity contribution in [2.24, 2.45) is 0 Å². The van der Waals surface area contributed by atoms with Crippen molar-refractivity contribution >= 4 is 82.0 Å². The highest BCUT2D eigenvalue weighted by Crippen LogP contribution is 2.57. The predicted molar refractivity (Wildman–Crippen MR) is 308 cm³/mol. The van der Waals surface area contributed by atoms with Crippen LogP contribution in [0.3, 0.4) is 0 Å². The Morgan fingerprint density at radius 2 is 0.822 bits per heavy atom. The fourth-order valence-corrected chi connectivity index (χ4v) is 12.5. The van der Waals surface area contributed by atoms with Crippen molar-refractivity contribution in [2.45, 2.75) is 5.41 Å². The minimum atomic E-state index is -0.479. The third-order valence-corrected chi connectivity index (χ3v) is 15.8. The molecule has 1 heterocycles. The van der Waals surface area contributed by atoms with Crippen LogP contribution in [0.25, 0.3) is 92.8 Å². The van der Waals surface area contributed by atoms with Gasteiger partial charge >= 0.3 is 0 Å². The van der Waals surface area contributed by atoms with E-state index in [2.05, 4.69) is 289 Å². The molecule has 0 radical (unpaired) electrons. The number of nitrogens with zero attached hydrogens (tertiary/aromatic N) is 2. The topological polar surface area (TPSA) is 8.17 Å². The summed E-state index contributed by atoms with van der Waals surface area (Å²) in [6.07, 6.45) is 0. The summed E-state index contributed by atoms with van der Waals surface area (Å²) in [5.41, 5.74) is 16.6. The van der Waals surface area contributed by atoms with Gasteiger partial charge in [0.15, 0.2) is 0 Å². The molecule has 1 aliphatic carbocycles. The average molecular weight is 927 g/mol. The van der Waals surface area contributed by atoms with E-state index in [4.69, 9.17) is 0 Å². The SMILES string of the molecule is c1ccc(C2(c3ccccc3)c3ccccc3-c3ccc(-n4c5ccccc5c5cc(-c6ccc7cc(N(c8ccc9ccccc9c8)c8cc9ccccc9c9ccccc89)ccc7c6)ccc54)cc32)cc1. The van der Waals surface area contributed by atoms with E-state index >= 15 is 0 Å². The molecular formula is C71H46N2. The van der Waals surface area contributed by atoms with Crippen LogP contribution in [0.4, 0.5) is 17.1 Å². The van der Waals surface area contributed by atoms with Gasteiger partial charge < -0.3 is 9.47 Å². The van der Waals surface area contributed by atoms with Crippen molar-refractivity contribution in [3.63, 3.8) is 0 Å². The molecule has 0 N–H and O–H groups in total. The summed E-state index contributed by atoms with van der Waals surface area (Å²) in [6, 6.07) is 104. The van der Waals surface area contributed by atoms with Gasteiger partial charge in [0.25, 0.3) is 0 Å². The lowest BCUT2D eigenvalue weighted by Gasteiger charge is -2.34. The van der Waals surface area contributed by atoms with Gasteiger partial charge in [-0.25, -0.2) is 0 Å². The van der Waals surface area contributed by atoms with Crippen molar-refractivity contribution in [2.75, 3.05) is 4.90 Å². The number of aromatic nitrogens is 1. The smallest absolute Gasteiger partial charge is 0.0714 e. The fraction of sp³-hybridized carbons (Fsp3) is 0.0141. The first-order chi connectivity index (χ1) is 36.2. The first kappa shape index (κ1) is 41.3. The van der Waals surface area contributed by atoms with E-state index in [1.165, 1.54) is 109 Å². The quantitative estimate of drug-likeness (QED) is 0.145. The Morgan fingerprint density at radius 3 is 1.60 bits per heavy atom. The van der Waals surface area contributed by atoms with Crippen LogP contribution in [0, 0.1) is 0 Å². The molecular weight excluding hydrogens is 881 g/mol. The summed E-state index contributed by atoms with van der Waals surface area (Å²) in [7, 11) is 0. The summed E-state index contributed by atoms with van der Waals surface area (Å²) >= 11 is 0. The molecule has 15 rings (SSSR count). The zero-order chi connectivity index (χ0) is 48.0. The van der Waals surface area contributed by atoms with E-state index in [-0.39, 0.29) is 0 Å². The second kappa shape index (κ2) is 16.3. The van der Waals surface area contributed by atoms with Gasteiger partial charge in [0.2, 0.25) is 0 Å². The highest BCUT2D eigenvalue weighted by atomic mass is 15.1.